The normalized spacial score (nSPS) is 21.1. The molecular formula is C43H49F2N7O4. The summed E-state index contributed by atoms with van der Waals surface area (Å²) in [5, 5.41) is 17.7. The minimum Gasteiger partial charge on any atom is -0.508 e. The molecule has 0 unspecified atom stereocenters. The molecule has 1 N–H and O–H groups in total. The highest BCUT2D eigenvalue weighted by molar-refractivity contribution is 6.18. The number of phenols is 1. The van der Waals surface area contributed by atoms with Gasteiger partial charge in [0, 0.05) is 100 Å². The van der Waals surface area contributed by atoms with Crippen LogP contribution in [0.15, 0.2) is 30.5 Å². The number of anilines is 1. The van der Waals surface area contributed by atoms with Crippen molar-refractivity contribution in [2.45, 2.75) is 70.2 Å². The Morgan fingerprint density at radius 2 is 1.79 bits per heavy atom. The Kier molecular flexibility index (Phi) is 9.51. The van der Waals surface area contributed by atoms with Crippen LogP contribution in [-0.4, -0.2) is 119 Å². The molecule has 2 bridgehead atoms. The molecule has 5 heterocycles. The number of halogens is 2. The van der Waals surface area contributed by atoms with Crippen LogP contribution >= 0.6 is 0 Å². The zero-order chi connectivity index (χ0) is 38.9. The molecule has 9 rings (SSSR count). The summed E-state index contributed by atoms with van der Waals surface area (Å²) in [7, 11) is 3.51. The molecule has 4 aliphatic rings. The van der Waals surface area contributed by atoms with E-state index >= 15 is 8.78 Å². The van der Waals surface area contributed by atoms with E-state index in [4.69, 9.17) is 35.7 Å². The van der Waals surface area contributed by atoms with Crippen LogP contribution in [0.1, 0.15) is 51.5 Å². The molecule has 3 saturated heterocycles. The second kappa shape index (κ2) is 14.4. The van der Waals surface area contributed by atoms with Gasteiger partial charge in [-0.15, -0.1) is 6.42 Å². The minimum absolute atomic E-state index is 0.0209. The third kappa shape index (κ3) is 6.60. The first-order chi connectivity index (χ1) is 27.0. The quantitative estimate of drug-likeness (QED) is 0.109. The molecule has 13 heteroatoms. The van der Waals surface area contributed by atoms with E-state index in [2.05, 4.69) is 34.5 Å². The highest BCUT2D eigenvalue weighted by Crippen LogP contribution is 2.49. The van der Waals surface area contributed by atoms with Crippen LogP contribution in [0.5, 0.6) is 11.8 Å². The van der Waals surface area contributed by atoms with Crippen molar-refractivity contribution >= 4 is 38.4 Å². The van der Waals surface area contributed by atoms with E-state index in [9.17, 15) is 5.11 Å². The molecule has 5 aromatic rings. The van der Waals surface area contributed by atoms with Crippen molar-refractivity contribution in [2.24, 2.45) is 12.5 Å². The number of likely N-dealkylation sites (tertiary alicyclic amines) is 2. The summed E-state index contributed by atoms with van der Waals surface area (Å²) in [6.07, 6.45) is 13.2. The van der Waals surface area contributed by atoms with Crippen LogP contribution in [0.2, 0.25) is 0 Å². The fraction of sp³-hybridized carbons (Fsp3) is 0.512. The molecule has 0 spiro atoms. The first-order valence-electron chi connectivity index (χ1n) is 19.8. The van der Waals surface area contributed by atoms with Crippen molar-refractivity contribution in [1.82, 2.24) is 29.5 Å². The van der Waals surface area contributed by atoms with Gasteiger partial charge in [0.2, 0.25) is 0 Å². The molecule has 1 aliphatic carbocycles. The predicted octanol–water partition coefficient (Wildman–Crippen LogP) is 6.26. The number of aromatic nitrogens is 4. The molecular weight excluding hydrogens is 717 g/mol. The lowest BCUT2D eigenvalue weighted by molar-refractivity contribution is -0.0873. The Bertz CT molecular complexity index is 2350. The molecule has 2 atom stereocenters. The highest BCUT2D eigenvalue weighted by Gasteiger charge is 2.48. The molecule has 0 radical (unpaired) electrons. The van der Waals surface area contributed by atoms with Gasteiger partial charge in [-0.25, -0.2) is 8.78 Å². The zero-order valence-electron chi connectivity index (χ0n) is 32.5. The van der Waals surface area contributed by atoms with Crippen LogP contribution in [0.4, 0.5) is 14.6 Å². The van der Waals surface area contributed by atoms with Crippen molar-refractivity contribution in [1.29, 1.82) is 0 Å². The first kappa shape index (κ1) is 37.0. The van der Waals surface area contributed by atoms with Crippen molar-refractivity contribution < 1.29 is 28.1 Å². The molecule has 56 heavy (non-hydrogen) atoms. The monoisotopic (exact) mass is 765 g/mol. The number of hydrogen-bond acceptors (Lipinski definition) is 10. The van der Waals surface area contributed by atoms with Gasteiger partial charge in [0.1, 0.15) is 28.4 Å². The fourth-order valence-electron chi connectivity index (χ4n) is 9.47. The van der Waals surface area contributed by atoms with Crippen molar-refractivity contribution in [3.63, 3.8) is 0 Å². The van der Waals surface area contributed by atoms with Crippen LogP contribution in [0.3, 0.4) is 0 Å². The minimum atomic E-state index is -0.665. The van der Waals surface area contributed by atoms with Gasteiger partial charge < -0.3 is 24.2 Å². The number of fused-ring (bicyclic) bond motifs is 6. The number of aryl methyl sites for hydroxylation is 1. The van der Waals surface area contributed by atoms with E-state index in [-0.39, 0.29) is 63.7 Å². The van der Waals surface area contributed by atoms with E-state index in [1.165, 1.54) is 24.3 Å². The second-order valence-electron chi connectivity index (χ2n) is 16.7. The van der Waals surface area contributed by atoms with E-state index in [1.807, 2.05) is 6.20 Å². The maximum Gasteiger partial charge on any atom is 0.319 e. The number of terminal acetylenes is 1. The third-order valence-corrected chi connectivity index (χ3v) is 12.1. The third-order valence-electron chi connectivity index (χ3n) is 12.1. The van der Waals surface area contributed by atoms with Gasteiger partial charge in [-0.05, 0) is 75.1 Å². The Morgan fingerprint density at radius 3 is 2.48 bits per heavy atom. The first-order valence-corrected chi connectivity index (χ1v) is 19.8. The molecule has 3 aromatic carbocycles. The maximum atomic E-state index is 17.8. The van der Waals surface area contributed by atoms with Gasteiger partial charge in [-0.3, -0.25) is 14.5 Å². The van der Waals surface area contributed by atoms with E-state index < -0.39 is 11.6 Å². The van der Waals surface area contributed by atoms with Gasteiger partial charge in [-0.2, -0.15) is 15.1 Å². The molecule has 2 aromatic heterocycles. The lowest BCUT2D eigenvalue weighted by Gasteiger charge is -2.42. The van der Waals surface area contributed by atoms with E-state index in [0.29, 0.717) is 46.1 Å². The van der Waals surface area contributed by atoms with E-state index in [0.717, 1.165) is 71.4 Å². The van der Waals surface area contributed by atoms with Crippen molar-refractivity contribution in [3.05, 3.63) is 47.7 Å². The summed E-state index contributed by atoms with van der Waals surface area (Å²) in [5.41, 5.74) is 0.682. The molecule has 4 fully saturated rings. The molecule has 3 aliphatic heterocycles. The van der Waals surface area contributed by atoms with Gasteiger partial charge in [-0.1, -0.05) is 12.0 Å². The summed E-state index contributed by atoms with van der Waals surface area (Å²) in [5.74, 6) is 1.71. The number of piperazine rings is 1. The predicted molar refractivity (Wildman–Crippen MR) is 212 cm³/mol. The van der Waals surface area contributed by atoms with Crippen LogP contribution in [-0.2, 0) is 16.5 Å². The molecule has 0 amide bonds. The smallest absolute Gasteiger partial charge is 0.319 e. The Labute approximate surface area is 325 Å². The summed E-state index contributed by atoms with van der Waals surface area (Å²) < 4.78 is 52.6. The van der Waals surface area contributed by atoms with Gasteiger partial charge >= 0.3 is 6.01 Å². The number of hydrogen-bond donors (Lipinski definition) is 1. The fourth-order valence-corrected chi connectivity index (χ4v) is 9.47. The number of benzene rings is 3. The molecule has 294 valence electrons. The van der Waals surface area contributed by atoms with Crippen LogP contribution in [0, 0.1) is 29.4 Å². The molecule has 11 nitrogen and oxygen atoms in total. The number of methoxy groups -OCH3 is 1. The van der Waals surface area contributed by atoms with E-state index in [1.54, 1.807) is 18.8 Å². The summed E-state index contributed by atoms with van der Waals surface area (Å²) in [4.78, 5) is 17.3. The summed E-state index contributed by atoms with van der Waals surface area (Å²) in [6.45, 7) is 10.6. The average Bonchev–Trinajstić information content (AvgIpc) is 3.73. The zero-order valence-corrected chi connectivity index (χ0v) is 32.5. The number of rotatable bonds is 13. The van der Waals surface area contributed by atoms with Gasteiger partial charge in [0.05, 0.1) is 29.8 Å². The largest absolute Gasteiger partial charge is 0.508 e. The van der Waals surface area contributed by atoms with Crippen molar-refractivity contribution in [2.75, 3.05) is 64.5 Å². The lowest BCUT2D eigenvalue weighted by atomic mass is 9.91. The Morgan fingerprint density at radius 1 is 1.02 bits per heavy atom. The Balaban J connectivity index is 1.17. The topological polar surface area (TPSA) is 101 Å². The van der Waals surface area contributed by atoms with Crippen LogP contribution < -0.4 is 9.64 Å². The maximum absolute atomic E-state index is 17.8. The standard InChI is InChI=1S/C43H49F2N7O4/c1-6-31-34(44)11-8-26-16-29(53)17-32(35(26)31)36-38(45)40-37(33-22-49(4)48-39(33)36)41(52-27-9-10-28(52)19-50(18-27)14-7-15-54-5)47-42(46-40)55-24-43(12-13-43)23-51-20-30(21-51)56-25(2)3/h1,8,11,16-17,22,25,27-28,30,53H,7,9-10,12-15,18-21,23-24H2,2-5H3/t27-,28+. The van der Waals surface area contributed by atoms with Gasteiger partial charge in [0.15, 0.2) is 5.82 Å². The summed E-state index contributed by atoms with van der Waals surface area (Å²) >= 11 is 0. The molecule has 1 saturated carbocycles. The Hall–Kier alpha value is -4.61. The number of aromatic hydroxyl groups is 1. The number of nitrogens with zero attached hydrogens (tertiary/aromatic N) is 7. The van der Waals surface area contributed by atoms with Gasteiger partial charge in [0.25, 0.3) is 0 Å². The summed E-state index contributed by atoms with van der Waals surface area (Å²) in [6, 6.07) is 6.16. The highest BCUT2D eigenvalue weighted by atomic mass is 19.1. The number of phenolic OH excluding ortho intramolecular Hbond substituents is 1. The second-order valence-corrected chi connectivity index (χ2v) is 16.7. The SMILES string of the molecule is C#Cc1c(F)ccc2cc(O)cc(-c3c(F)c4nc(OCC5(CN6CC(OC(C)C)C6)CC5)nc(N5[C@@H]6CC[C@H]5CN(CCCOC)C6)c4c4cn(C)nc34)c12. The number of ether oxygens (including phenoxy) is 3. The average molecular weight is 766 g/mol. The van der Waals surface area contributed by atoms with Crippen molar-refractivity contribution in [3.8, 4) is 35.2 Å². The van der Waals surface area contributed by atoms with Crippen LogP contribution in [0.25, 0.3) is 43.7 Å². The lowest BCUT2D eigenvalue weighted by Crippen LogP contribution is -2.55.